The van der Waals surface area contributed by atoms with Crippen molar-refractivity contribution in [3.05, 3.63) is 40.5 Å². The van der Waals surface area contributed by atoms with Crippen molar-refractivity contribution in [1.29, 1.82) is 0 Å². The average Bonchev–Trinajstić information content (AvgIpc) is 2.86. The number of hydrogen-bond donors (Lipinski definition) is 1. The predicted molar refractivity (Wildman–Crippen MR) is 76.8 cm³/mol. The summed E-state index contributed by atoms with van der Waals surface area (Å²) >= 11 is 5.96. The molecule has 20 heavy (non-hydrogen) atoms. The first kappa shape index (κ1) is 14.8. The molecule has 0 saturated heterocycles. The fourth-order valence-electron chi connectivity index (χ4n) is 1.71. The number of benzene rings is 1. The Labute approximate surface area is 123 Å². The van der Waals surface area contributed by atoms with E-state index in [1.165, 1.54) is 0 Å². The molecular weight excluding hydrogens is 278 g/mol. The van der Waals surface area contributed by atoms with Crippen LogP contribution < -0.4 is 10.5 Å². The van der Waals surface area contributed by atoms with Crippen LogP contribution in [0, 0.1) is 0 Å². The number of ether oxygens (including phenoxy) is 1. The van der Waals surface area contributed by atoms with Crippen molar-refractivity contribution < 1.29 is 9.26 Å². The lowest BCUT2D eigenvalue weighted by Crippen LogP contribution is -2.08. The van der Waals surface area contributed by atoms with Crippen LogP contribution in [0.15, 0.2) is 22.7 Å². The Morgan fingerprint density at radius 2 is 2.10 bits per heavy atom. The number of halogens is 1. The van der Waals surface area contributed by atoms with Crippen molar-refractivity contribution >= 4 is 11.6 Å². The van der Waals surface area contributed by atoms with Crippen LogP contribution in [0.2, 0.25) is 5.02 Å². The molecule has 0 amide bonds. The van der Waals surface area contributed by atoms with Crippen molar-refractivity contribution in [3.63, 3.8) is 0 Å². The molecule has 6 heteroatoms. The topological polar surface area (TPSA) is 74.2 Å². The summed E-state index contributed by atoms with van der Waals surface area (Å²) in [6.45, 7) is 6.09. The highest BCUT2D eigenvalue weighted by molar-refractivity contribution is 6.30. The third-order valence-corrected chi connectivity index (χ3v) is 3.05. The van der Waals surface area contributed by atoms with Crippen molar-refractivity contribution in [2.24, 2.45) is 5.73 Å². The van der Waals surface area contributed by atoms with Gasteiger partial charge in [-0.05, 0) is 25.1 Å². The number of hydrogen-bond acceptors (Lipinski definition) is 5. The fourth-order valence-corrected chi connectivity index (χ4v) is 1.89. The van der Waals surface area contributed by atoms with Crippen LogP contribution in [-0.2, 0) is 6.61 Å². The molecule has 0 bridgehead atoms. The van der Waals surface area contributed by atoms with Crippen LogP contribution in [0.1, 0.15) is 50.0 Å². The first-order chi connectivity index (χ1) is 9.47. The lowest BCUT2D eigenvalue weighted by atomic mass is 10.1. The zero-order valence-corrected chi connectivity index (χ0v) is 12.5. The SMILES string of the molecule is CC(C)c1noc(COc2ccc(Cl)cc2C(C)N)n1. The summed E-state index contributed by atoms with van der Waals surface area (Å²) in [5.41, 5.74) is 6.75. The van der Waals surface area contributed by atoms with Crippen LogP contribution in [0.25, 0.3) is 0 Å². The van der Waals surface area contributed by atoms with E-state index < -0.39 is 0 Å². The molecule has 108 valence electrons. The monoisotopic (exact) mass is 295 g/mol. The predicted octanol–water partition coefficient (Wildman–Crippen LogP) is 3.45. The lowest BCUT2D eigenvalue weighted by Gasteiger charge is -2.13. The first-order valence-electron chi connectivity index (χ1n) is 6.47. The maximum absolute atomic E-state index is 5.96. The van der Waals surface area contributed by atoms with E-state index in [2.05, 4.69) is 10.1 Å². The molecular formula is C14H18ClN3O2. The van der Waals surface area contributed by atoms with Crippen molar-refractivity contribution in [3.8, 4) is 5.75 Å². The molecule has 2 N–H and O–H groups in total. The summed E-state index contributed by atoms with van der Waals surface area (Å²) in [5, 5.41) is 4.52. The molecule has 0 radical (unpaired) electrons. The van der Waals surface area contributed by atoms with Crippen LogP contribution in [0.4, 0.5) is 0 Å². The van der Waals surface area contributed by atoms with Gasteiger partial charge in [-0.25, -0.2) is 0 Å². The van der Waals surface area contributed by atoms with Gasteiger partial charge in [0.15, 0.2) is 12.4 Å². The molecule has 1 aromatic carbocycles. The number of nitrogens with zero attached hydrogens (tertiary/aromatic N) is 2. The number of aromatic nitrogens is 2. The van der Waals surface area contributed by atoms with Gasteiger partial charge in [0.2, 0.25) is 0 Å². The van der Waals surface area contributed by atoms with E-state index in [0.717, 1.165) is 5.56 Å². The Hall–Kier alpha value is -1.59. The van der Waals surface area contributed by atoms with Crippen LogP contribution in [-0.4, -0.2) is 10.1 Å². The second kappa shape index (κ2) is 6.24. The van der Waals surface area contributed by atoms with E-state index in [-0.39, 0.29) is 18.6 Å². The van der Waals surface area contributed by atoms with Crippen molar-refractivity contribution in [1.82, 2.24) is 10.1 Å². The smallest absolute Gasteiger partial charge is 0.264 e. The van der Waals surface area contributed by atoms with E-state index in [1.54, 1.807) is 18.2 Å². The average molecular weight is 296 g/mol. The van der Waals surface area contributed by atoms with Gasteiger partial charge in [-0.15, -0.1) is 0 Å². The Morgan fingerprint density at radius 3 is 2.70 bits per heavy atom. The summed E-state index contributed by atoms with van der Waals surface area (Å²) in [6.07, 6.45) is 0. The fraction of sp³-hybridized carbons (Fsp3) is 0.429. The highest BCUT2D eigenvalue weighted by atomic mass is 35.5. The molecule has 1 atom stereocenters. The zero-order valence-electron chi connectivity index (χ0n) is 11.8. The van der Waals surface area contributed by atoms with E-state index in [1.807, 2.05) is 20.8 Å². The maximum Gasteiger partial charge on any atom is 0.264 e. The standard InChI is InChI=1S/C14H18ClN3O2/c1-8(2)14-17-13(20-18-14)7-19-12-5-4-10(15)6-11(12)9(3)16/h4-6,8-9H,7,16H2,1-3H3. The van der Waals surface area contributed by atoms with Gasteiger partial charge in [0.05, 0.1) is 0 Å². The van der Waals surface area contributed by atoms with Crippen LogP contribution in [0.3, 0.4) is 0 Å². The van der Waals surface area contributed by atoms with Crippen LogP contribution in [0.5, 0.6) is 5.75 Å². The molecule has 2 rings (SSSR count). The van der Waals surface area contributed by atoms with Gasteiger partial charge < -0.3 is 15.0 Å². The van der Waals surface area contributed by atoms with Crippen LogP contribution >= 0.6 is 11.6 Å². The highest BCUT2D eigenvalue weighted by Crippen LogP contribution is 2.27. The third kappa shape index (κ3) is 3.49. The molecule has 1 heterocycles. The lowest BCUT2D eigenvalue weighted by molar-refractivity contribution is 0.240. The molecule has 0 aliphatic carbocycles. The van der Waals surface area contributed by atoms with Gasteiger partial charge in [-0.2, -0.15) is 4.98 Å². The quantitative estimate of drug-likeness (QED) is 0.914. The summed E-state index contributed by atoms with van der Waals surface area (Å²) in [5.74, 6) is 2.02. The summed E-state index contributed by atoms with van der Waals surface area (Å²) < 4.78 is 10.8. The highest BCUT2D eigenvalue weighted by Gasteiger charge is 2.13. The van der Waals surface area contributed by atoms with Gasteiger partial charge in [-0.3, -0.25) is 0 Å². The van der Waals surface area contributed by atoms with E-state index >= 15 is 0 Å². The Bertz CT molecular complexity index is 582. The van der Waals surface area contributed by atoms with Crippen molar-refractivity contribution in [2.45, 2.75) is 39.3 Å². The molecule has 1 aromatic heterocycles. The van der Waals surface area contributed by atoms with Gasteiger partial charge in [0.25, 0.3) is 5.89 Å². The largest absolute Gasteiger partial charge is 0.483 e. The molecule has 0 aliphatic rings. The third-order valence-electron chi connectivity index (χ3n) is 2.81. The van der Waals surface area contributed by atoms with E-state index in [4.69, 9.17) is 26.6 Å². The van der Waals surface area contributed by atoms with Gasteiger partial charge >= 0.3 is 0 Å². The maximum atomic E-state index is 5.96. The summed E-state index contributed by atoms with van der Waals surface area (Å²) in [7, 11) is 0. The molecule has 0 aliphatic heterocycles. The zero-order chi connectivity index (χ0) is 14.7. The minimum atomic E-state index is -0.169. The Kier molecular flexibility index (Phi) is 4.62. The molecule has 1 unspecified atom stereocenters. The molecule has 5 nitrogen and oxygen atoms in total. The van der Waals surface area contributed by atoms with Gasteiger partial charge in [-0.1, -0.05) is 30.6 Å². The second-order valence-corrected chi connectivity index (χ2v) is 5.40. The van der Waals surface area contributed by atoms with E-state index in [9.17, 15) is 0 Å². The van der Waals surface area contributed by atoms with Crippen molar-refractivity contribution in [2.75, 3.05) is 0 Å². The summed E-state index contributed by atoms with van der Waals surface area (Å²) in [4.78, 5) is 4.26. The second-order valence-electron chi connectivity index (χ2n) is 4.96. The molecule has 0 fully saturated rings. The molecule has 0 spiro atoms. The number of nitrogens with two attached hydrogens (primary N) is 1. The normalized spacial score (nSPS) is 12.7. The molecule has 0 saturated carbocycles. The Balaban J connectivity index is 2.10. The van der Waals surface area contributed by atoms with E-state index in [0.29, 0.717) is 22.5 Å². The number of rotatable bonds is 5. The first-order valence-corrected chi connectivity index (χ1v) is 6.85. The molecule has 2 aromatic rings. The van der Waals surface area contributed by atoms with Gasteiger partial charge in [0, 0.05) is 22.5 Å². The van der Waals surface area contributed by atoms with Gasteiger partial charge in [0.1, 0.15) is 5.75 Å². The minimum Gasteiger partial charge on any atom is -0.483 e. The Morgan fingerprint density at radius 1 is 1.35 bits per heavy atom. The minimum absolute atomic E-state index is 0.169. The summed E-state index contributed by atoms with van der Waals surface area (Å²) in [6, 6.07) is 5.18.